The normalized spacial score (nSPS) is 29.2. The molecular formula is C16H24ClNO. The average Bonchev–Trinajstić information content (AvgIpc) is 2.47. The van der Waals surface area contributed by atoms with Gasteiger partial charge in [0.25, 0.3) is 0 Å². The lowest BCUT2D eigenvalue weighted by molar-refractivity contribution is -0.0102. The van der Waals surface area contributed by atoms with Crippen LogP contribution >= 0.6 is 11.6 Å². The van der Waals surface area contributed by atoms with Crippen molar-refractivity contribution in [3.05, 3.63) is 34.9 Å². The fourth-order valence-electron chi connectivity index (χ4n) is 3.28. The van der Waals surface area contributed by atoms with E-state index in [1.54, 1.807) is 0 Å². The standard InChI is InChI=1S/C16H24ClNO/c1-2-12-7-9-16(11-18,10-8-12)15(19)13-5-3-4-6-14(13)17/h3-6,12,15,19H,2,7-11,18H2,1H3. The third kappa shape index (κ3) is 2.96. The van der Waals surface area contributed by atoms with Gasteiger partial charge in [-0.15, -0.1) is 0 Å². The van der Waals surface area contributed by atoms with Gasteiger partial charge < -0.3 is 10.8 Å². The molecule has 3 heteroatoms. The van der Waals surface area contributed by atoms with Crippen LogP contribution in [0.5, 0.6) is 0 Å². The fourth-order valence-corrected chi connectivity index (χ4v) is 3.52. The highest BCUT2D eigenvalue weighted by Crippen LogP contribution is 2.48. The summed E-state index contributed by atoms with van der Waals surface area (Å²) in [6, 6.07) is 7.56. The summed E-state index contributed by atoms with van der Waals surface area (Å²) >= 11 is 6.21. The van der Waals surface area contributed by atoms with Crippen LogP contribution in [0.25, 0.3) is 0 Å². The Morgan fingerprint density at radius 2 is 2.00 bits per heavy atom. The third-order valence-corrected chi connectivity index (χ3v) is 5.21. The summed E-state index contributed by atoms with van der Waals surface area (Å²) in [6.45, 7) is 2.76. The van der Waals surface area contributed by atoms with E-state index >= 15 is 0 Å². The molecule has 0 heterocycles. The van der Waals surface area contributed by atoms with Crippen LogP contribution in [0, 0.1) is 11.3 Å². The van der Waals surface area contributed by atoms with Crippen LogP contribution in [0.15, 0.2) is 24.3 Å². The number of hydrogen-bond donors (Lipinski definition) is 2. The molecule has 0 amide bonds. The highest BCUT2D eigenvalue weighted by Gasteiger charge is 2.41. The lowest BCUT2D eigenvalue weighted by Gasteiger charge is -2.43. The number of aliphatic hydroxyl groups excluding tert-OH is 1. The second-order valence-corrected chi connectivity index (χ2v) is 6.25. The third-order valence-electron chi connectivity index (χ3n) is 4.86. The number of nitrogens with two attached hydrogens (primary N) is 1. The minimum absolute atomic E-state index is 0.198. The van der Waals surface area contributed by atoms with Gasteiger partial charge in [0.2, 0.25) is 0 Å². The fraction of sp³-hybridized carbons (Fsp3) is 0.625. The largest absolute Gasteiger partial charge is 0.388 e. The molecule has 2 rings (SSSR count). The van der Waals surface area contributed by atoms with Gasteiger partial charge in [0.1, 0.15) is 0 Å². The summed E-state index contributed by atoms with van der Waals surface area (Å²) in [7, 11) is 0. The van der Waals surface area contributed by atoms with Crippen molar-refractivity contribution in [2.45, 2.75) is 45.1 Å². The molecule has 0 aromatic heterocycles. The van der Waals surface area contributed by atoms with Crippen molar-refractivity contribution < 1.29 is 5.11 Å². The molecule has 1 fully saturated rings. The maximum Gasteiger partial charge on any atom is 0.0872 e. The Kier molecular flexibility index (Phi) is 4.88. The Bertz CT molecular complexity index is 413. The molecule has 19 heavy (non-hydrogen) atoms. The van der Waals surface area contributed by atoms with Gasteiger partial charge in [-0.2, -0.15) is 0 Å². The Morgan fingerprint density at radius 1 is 1.37 bits per heavy atom. The molecule has 0 aliphatic heterocycles. The molecule has 1 aliphatic rings. The monoisotopic (exact) mass is 281 g/mol. The number of benzene rings is 1. The summed E-state index contributed by atoms with van der Waals surface area (Å²) in [5.74, 6) is 0.790. The predicted molar refractivity (Wildman–Crippen MR) is 80.1 cm³/mol. The van der Waals surface area contributed by atoms with Gasteiger partial charge in [0.15, 0.2) is 0 Å². The van der Waals surface area contributed by atoms with E-state index in [0.29, 0.717) is 11.6 Å². The minimum Gasteiger partial charge on any atom is -0.388 e. The molecule has 0 bridgehead atoms. The predicted octanol–water partition coefficient (Wildman–Crippen LogP) is 3.92. The van der Waals surface area contributed by atoms with E-state index in [1.807, 2.05) is 24.3 Å². The van der Waals surface area contributed by atoms with E-state index in [1.165, 1.54) is 6.42 Å². The Balaban J connectivity index is 2.20. The summed E-state index contributed by atoms with van der Waals surface area (Å²) in [6.07, 6.45) is 4.99. The Hall–Kier alpha value is -0.570. The van der Waals surface area contributed by atoms with Crippen molar-refractivity contribution >= 4 is 11.6 Å². The van der Waals surface area contributed by atoms with Gasteiger partial charge in [0, 0.05) is 17.0 Å². The smallest absolute Gasteiger partial charge is 0.0872 e. The summed E-state index contributed by atoms with van der Waals surface area (Å²) < 4.78 is 0. The van der Waals surface area contributed by atoms with Crippen LogP contribution in [0.3, 0.4) is 0 Å². The molecule has 1 aliphatic carbocycles. The topological polar surface area (TPSA) is 46.2 Å². The van der Waals surface area contributed by atoms with Crippen LogP contribution in [-0.4, -0.2) is 11.7 Å². The first-order valence-electron chi connectivity index (χ1n) is 7.25. The quantitative estimate of drug-likeness (QED) is 0.879. The van der Waals surface area contributed by atoms with Gasteiger partial charge in [-0.1, -0.05) is 43.1 Å². The Morgan fingerprint density at radius 3 is 2.53 bits per heavy atom. The molecule has 0 radical (unpaired) electrons. The van der Waals surface area contributed by atoms with Gasteiger partial charge in [-0.25, -0.2) is 0 Å². The van der Waals surface area contributed by atoms with Gasteiger partial charge >= 0.3 is 0 Å². The molecule has 0 saturated heterocycles. The zero-order chi connectivity index (χ0) is 13.9. The van der Waals surface area contributed by atoms with E-state index in [-0.39, 0.29) is 5.41 Å². The van der Waals surface area contributed by atoms with Crippen molar-refractivity contribution in [3.63, 3.8) is 0 Å². The molecule has 0 spiro atoms. The van der Waals surface area contributed by atoms with E-state index in [0.717, 1.165) is 37.2 Å². The zero-order valence-electron chi connectivity index (χ0n) is 11.6. The Labute approximate surface area is 121 Å². The zero-order valence-corrected chi connectivity index (χ0v) is 12.4. The number of rotatable bonds is 4. The van der Waals surface area contributed by atoms with Crippen LogP contribution < -0.4 is 5.73 Å². The van der Waals surface area contributed by atoms with Gasteiger partial charge in [-0.05, 0) is 43.2 Å². The van der Waals surface area contributed by atoms with Crippen molar-refractivity contribution in [1.29, 1.82) is 0 Å². The molecule has 3 N–H and O–H groups in total. The number of hydrogen-bond acceptors (Lipinski definition) is 2. The first-order chi connectivity index (χ1) is 9.13. The summed E-state index contributed by atoms with van der Waals surface area (Å²) in [5.41, 5.74) is 6.64. The average molecular weight is 282 g/mol. The van der Waals surface area contributed by atoms with Crippen LogP contribution in [0.2, 0.25) is 5.02 Å². The van der Waals surface area contributed by atoms with Crippen LogP contribution in [-0.2, 0) is 0 Å². The van der Waals surface area contributed by atoms with Crippen molar-refractivity contribution in [2.75, 3.05) is 6.54 Å². The van der Waals surface area contributed by atoms with Crippen molar-refractivity contribution in [1.82, 2.24) is 0 Å². The van der Waals surface area contributed by atoms with Gasteiger partial charge in [-0.3, -0.25) is 0 Å². The second kappa shape index (κ2) is 6.25. The molecule has 106 valence electrons. The highest BCUT2D eigenvalue weighted by atomic mass is 35.5. The van der Waals surface area contributed by atoms with E-state index < -0.39 is 6.10 Å². The molecule has 1 aromatic rings. The molecule has 2 nitrogen and oxygen atoms in total. The summed E-state index contributed by atoms with van der Waals surface area (Å²) in [5, 5.41) is 11.4. The van der Waals surface area contributed by atoms with Crippen molar-refractivity contribution in [2.24, 2.45) is 17.1 Å². The second-order valence-electron chi connectivity index (χ2n) is 5.84. The van der Waals surface area contributed by atoms with Gasteiger partial charge in [0.05, 0.1) is 6.10 Å². The van der Waals surface area contributed by atoms with E-state index in [4.69, 9.17) is 17.3 Å². The van der Waals surface area contributed by atoms with E-state index in [9.17, 15) is 5.11 Å². The number of halogens is 1. The highest BCUT2D eigenvalue weighted by molar-refractivity contribution is 6.31. The van der Waals surface area contributed by atoms with Crippen molar-refractivity contribution in [3.8, 4) is 0 Å². The first kappa shape index (κ1) is 14.8. The molecule has 1 atom stereocenters. The summed E-state index contributed by atoms with van der Waals surface area (Å²) in [4.78, 5) is 0. The molecule has 1 aromatic carbocycles. The minimum atomic E-state index is -0.552. The van der Waals surface area contributed by atoms with Crippen LogP contribution in [0.1, 0.15) is 50.7 Å². The molecule has 1 unspecified atom stereocenters. The lowest BCUT2D eigenvalue weighted by Crippen LogP contribution is -2.40. The lowest BCUT2D eigenvalue weighted by atomic mass is 9.65. The maximum atomic E-state index is 10.8. The van der Waals surface area contributed by atoms with E-state index in [2.05, 4.69) is 6.92 Å². The molecular weight excluding hydrogens is 258 g/mol. The number of aliphatic hydroxyl groups is 1. The maximum absolute atomic E-state index is 10.8. The SMILES string of the molecule is CCC1CCC(CN)(C(O)c2ccccc2Cl)CC1. The van der Waals surface area contributed by atoms with Crippen LogP contribution in [0.4, 0.5) is 0 Å². The molecule has 1 saturated carbocycles. The first-order valence-corrected chi connectivity index (χ1v) is 7.63.